The molecule has 2 aliphatic rings. The first-order valence-corrected chi connectivity index (χ1v) is 31.3. The summed E-state index contributed by atoms with van der Waals surface area (Å²) in [4.78, 5) is 105. The molecule has 4 aromatic rings. The number of nitrogens with two attached hydrogens (primary N) is 2. The van der Waals surface area contributed by atoms with E-state index in [2.05, 4.69) is 83.1 Å². The van der Waals surface area contributed by atoms with Crippen LogP contribution in [-0.2, 0) is 67.8 Å². The number of hydrogen-bond donors (Lipinski definition) is 6. The van der Waals surface area contributed by atoms with E-state index in [4.69, 9.17) is 21.2 Å². The summed E-state index contributed by atoms with van der Waals surface area (Å²) in [5, 5.41) is 11.9. The summed E-state index contributed by atoms with van der Waals surface area (Å²) >= 11 is 0. The number of ketones is 2. The van der Waals surface area contributed by atoms with E-state index in [9.17, 15) is 33.6 Å². The smallest absolute Gasteiger partial charge is 0.312 e. The van der Waals surface area contributed by atoms with E-state index in [1.807, 2.05) is 61.2 Å². The van der Waals surface area contributed by atoms with Gasteiger partial charge >= 0.3 is 12.0 Å². The van der Waals surface area contributed by atoms with Gasteiger partial charge in [-0.1, -0.05) is 122 Å². The molecule has 0 aliphatic carbocycles. The Kier molecular flexibility index (Phi) is 27.6. The molecule has 86 heavy (non-hydrogen) atoms. The van der Waals surface area contributed by atoms with Gasteiger partial charge in [0.25, 0.3) is 5.91 Å². The van der Waals surface area contributed by atoms with E-state index in [0.717, 1.165) is 91.5 Å². The maximum Gasteiger partial charge on any atom is 0.312 e. The zero-order chi connectivity index (χ0) is 62.0. The molecule has 0 unspecified atom stereocenters. The first-order valence-electron chi connectivity index (χ1n) is 31.3. The van der Waals surface area contributed by atoms with Gasteiger partial charge in [-0.25, -0.2) is 9.79 Å². The molecule has 18 nitrogen and oxygen atoms in total. The Labute approximate surface area is 509 Å². The molecular formula is C68H94N10O8. The summed E-state index contributed by atoms with van der Waals surface area (Å²) < 4.78 is 5.57. The second-order valence-corrected chi connectivity index (χ2v) is 23.9. The number of carbonyl (C=O) groups excluding carboxylic acids is 7. The molecule has 18 heteroatoms. The number of primary amides is 1. The predicted octanol–water partition coefficient (Wildman–Crippen LogP) is 10.2. The Morgan fingerprint density at radius 1 is 0.779 bits per heavy atom. The molecule has 2 aliphatic heterocycles. The van der Waals surface area contributed by atoms with Crippen molar-refractivity contribution in [3.05, 3.63) is 129 Å². The molecule has 0 bridgehead atoms. The predicted molar refractivity (Wildman–Crippen MR) is 339 cm³/mol. The topological polar surface area (TPSA) is 261 Å². The molecular weight excluding hydrogens is 1080 g/mol. The van der Waals surface area contributed by atoms with E-state index in [1.54, 1.807) is 18.3 Å². The quantitative estimate of drug-likeness (QED) is 0.0184. The Morgan fingerprint density at radius 2 is 1.49 bits per heavy atom. The number of amides is 5. The largest absolute Gasteiger partial charge is 0.461 e. The van der Waals surface area contributed by atoms with Crippen LogP contribution in [0.4, 0.5) is 16.2 Å². The number of urea groups is 1. The standard InChI is InChI=1S/C68H94N10O8/c1-7-32-78(33-8-2)67(84)54-36-52-27-28-53(38-61(52)75-63(69)39-54)65(82)74-56-37-55-44-77(34-29-59(55)73-42-56)43-50-23-21-49(22-24-50)41-71-30-14-18-64(81)86-45-51-25-19-48(20-26-51)35-62(80)60(17-13-31-72-68(70)85)76-66(83)58(47(5)6)40-57(79)16-12-10-9-11-15-46(3)4/h19-28,36-38,42,46-47,58,60,71H,7-18,29-35,39-41,43-45H2,1-6H3,(H2,69,75)(H,74,82)(H,76,83)(H3,70,72,85)/t58-,60-/m0/s1. The van der Waals surface area contributed by atoms with E-state index in [0.29, 0.717) is 92.7 Å². The number of Topliss-reactive ketones (excluding diaryl/α,β-unsaturated/α-hetero) is 2. The highest BCUT2D eigenvalue weighted by molar-refractivity contribution is 6.08. The minimum atomic E-state index is -0.819. The number of anilines is 1. The maximum atomic E-state index is 13.7. The van der Waals surface area contributed by atoms with Crippen molar-refractivity contribution in [2.24, 2.45) is 34.2 Å². The van der Waals surface area contributed by atoms with Crippen molar-refractivity contribution in [2.45, 2.75) is 177 Å². The van der Waals surface area contributed by atoms with Crippen molar-refractivity contribution < 1.29 is 38.3 Å². The lowest BCUT2D eigenvalue weighted by atomic mass is 9.88. The monoisotopic (exact) mass is 1180 g/mol. The Balaban J connectivity index is 0.890. The summed E-state index contributed by atoms with van der Waals surface area (Å²) in [5.41, 5.74) is 20.4. The van der Waals surface area contributed by atoms with Crippen molar-refractivity contribution >= 4 is 64.6 Å². The minimum Gasteiger partial charge on any atom is -0.461 e. The molecule has 3 heterocycles. The van der Waals surface area contributed by atoms with Gasteiger partial charge in [0.15, 0.2) is 5.78 Å². The fraction of sp³-hybridized carbons (Fsp3) is 0.515. The number of amidine groups is 1. The van der Waals surface area contributed by atoms with E-state index >= 15 is 0 Å². The average molecular weight is 1180 g/mol. The lowest BCUT2D eigenvalue weighted by molar-refractivity contribution is -0.145. The number of esters is 1. The van der Waals surface area contributed by atoms with Gasteiger partial charge in [-0.3, -0.25) is 38.7 Å². The second kappa shape index (κ2) is 35.2. The summed E-state index contributed by atoms with van der Waals surface area (Å²) in [5.74, 6) is -0.768. The number of ether oxygens (including phenoxy) is 1. The Hall–Kier alpha value is -7.57. The van der Waals surface area contributed by atoms with Crippen molar-refractivity contribution in [3.8, 4) is 0 Å². The molecule has 0 radical (unpaired) electrons. The van der Waals surface area contributed by atoms with Crippen LogP contribution in [-0.4, -0.2) is 101 Å². The molecule has 5 amide bonds. The molecule has 6 rings (SSSR count). The molecule has 0 fully saturated rings. The Morgan fingerprint density at radius 3 is 2.20 bits per heavy atom. The van der Waals surface area contributed by atoms with Crippen molar-refractivity contribution in [1.82, 2.24) is 30.7 Å². The highest BCUT2D eigenvalue weighted by atomic mass is 16.5. The molecule has 0 saturated carbocycles. The minimum absolute atomic E-state index is 0.0384. The van der Waals surface area contributed by atoms with Crippen LogP contribution < -0.4 is 32.7 Å². The Bertz CT molecular complexity index is 2970. The van der Waals surface area contributed by atoms with Gasteiger partial charge in [-0.15, -0.1) is 0 Å². The molecule has 464 valence electrons. The van der Waals surface area contributed by atoms with Crippen molar-refractivity contribution in [3.63, 3.8) is 0 Å². The van der Waals surface area contributed by atoms with Crippen LogP contribution in [0.15, 0.2) is 89.6 Å². The second-order valence-electron chi connectivity index (χ2n) is 23.9. The number of benzene rings is 3. The van der Waals surface area contributed by atoms with Gasteiger partial charge < -0.3 is 42.4 Å². The van der Waals surface area contributed by atoms with Gasteiger partial charge in [0.2, 0.25) is 11.8 Å². The summed E-state index contributed by atoms with van der Waals surface area (Å²) in [6.07, 6.45) is 13.7. The van der Waals surface area contributed by atoms with Gasteiger partial charge in [0.05, 0.1) is 23.6 Å². The average Bonchev–Trinajstić information content (AvgIpc) is 3.88. The van der Waals surface area contributed by atoms with E-state index < -0.39 is 18.0 Å². The number of hydrogen-bond acceptors (Lipinski definition) is 13. The number of aromatic nitrogens is 1. The molecule has 3 aromatic carbocycles. The number of nitrogens with zero attached hydrogens (tertiary/aromatic N) is 4. The van der Waals surface area contributed by atoms with Crippen LogP contribution >= 0.6 is 0 Å². The first-order chi connectivity index (χ1) is 41.4. The third-order valence-corrected chi connectivity index (χ3v) is 15.7. The molecule has 2 atom stereocenters. The summed E-state index contributed by atoms with van der Waals surface area (Å²) in [6.45, 7) is 17.7. The molecule has 0 saturated heterocycles. The SMILES string of the molecule is CCCN(CCC)C(=O)C1=Cc2ccc(C(=O)Nc3cnc4c(c3)CN(Cc3ccc(CNCCCC(=O)OCc5ccc(CC(=O)[C@H](CCCNC(N)=O)NC(=O)[C@@H](CC(=O)CCCCCCC(C)C)C(C)C)cc5)cc3)CC4)cc2N=C(N)C1. The summed E-state index contributed by atoms with van der Waals surface area (Å²) in [6, 6.07) is 21.6. The van der Waals surface area contributed by atoms with Crippen molar-refractivity contribution in [1.29, 1.82) is 0 Å². The van der Waals surface area contributed by atoms with Crippen LogP contribution in [0.1, 0.15) is 181 Å². The van der Waals surface area contributed by atoms with Crippen LogP contribution in [0.2, 0.25) is 0 Å². The third kappa shape index (κ3) is 22.7. The maximum absolute atomic E-state index is 13.7. The lowest BCUT2D eigenvalue weighted by Gasteiger charge is -2.28. The third-order valence-electron chi connectivity index (χ3n) is 15.7. The van der Waals surface area contributed by atoms with Crippen LogP contribution in [0, 0.1) is 17.8 Å². The van der Waals surface area contributed by atoms with Gasteiger partial charge in [-0.2, -0.15) is 0 Å². The van der Waals surface area contributed by atoms with Gasteiger partial charge in [-0.05, 0) is 109 Å². The number of pyridine rings is 1. The molecule has 8 N–H and O–H groups in total. The number of aliphatic imine (C=N–C) groups is 1. The van der Waals surface area contributed by atoms with E-state index in [1.165, 1.54) is 12.0 Å². The molecule has 1 aromatic heterocycles. The zero-order valence-electron chi connectivity index (χ0n) is 51.8. The number of fused-ring (bicyclic) bond motifs is 2. The first kappa shape index (κ1) is 67.6. The number of carbonyl (C=O) groups is 7. The molecule has 0 spiro atoms. The number of nitrogens with one attached hydrogen (secondary N) is 4. The fourth-order valence-corrected chi connectivity index (χ4v) is 10.9. The van der Waals surface area contributed by atoms with Crippen LogP contribution in [0.3, 0.4) is 0 Å². The number of unbranched alkanes of at least 4 members (excludes halogenated alkanes) is 3. The highest BCUT2D eigenvalue weighted by Crippen LogP contribution is 2.30. The van der Waals surface area contributed by atoms with Gasteiger partial charge in [0.1, 0.15) is 18.2 Å². The van der Waals surface area contributed by atoms with Crippen LogP contribution in [0.25, 0.3) is 6.08 Å². The number of rotatable bonds is 36. The van der Waals surface area contributed by atoms with Crippen LogP contribution in [0.5, 0.6) is 0 Å². The highest BCUT2D eigenvalue weighted by Gasteiger charge is 2.30. The van der Waals surface area contributed by atoms with Crippen molar-refractivity contribution in [2.75, 3.05) is 38.0 Å². The zero-order valence-corrected chi connectivity index (χ0v) is 51.8. The van der Waals surface area contributed by atoms with Gasteiger partial charge in [0, 0.05) is 113 Å². The normalized spacial score (nSPS) is 13.8. The fourth-order valence-electron chi connectivity index (χ4n) is 10.9. The summed E-state index contributed by atoms with van der Waals surface area (Å²) in [7, 11) is 0. The lowest BCUT2D eigenvalue weighted by Crippen LogP contribution is -2.46. The van der Waals surface area contributed by atoms with E-state index in [-0.39, 0.29) is 80.0 Å².